The fourth-order valence-corrected chi connectivity index (χ4v) is 2.14. The SMILES string of the molecule is Cc1ccnn1CC(N)(C(=O)OC(C)(C)C)C1CC1. The van der Waals surface area contributed by atoms with Crippen LogP contribution in [0.3, 0.4) is 0 Å². The van der Waals surface area contributed by atoms with Crippen LogP contribution in [0.5, 0.6) is 0 Å². The summed E-state index contributed by atoms with van der Waals surface area (Å²) in [6, 6.07) is 1.91. The van der Waals surface area contributed by atoms with Crippen molar-refractivity contribution in [3.8, 4) is 0 Å². The van der Waals surface area contributed by atoms with Crippen molar-refractivity contribution >= 4 is 5.97 Å². The van der Waals surface area contributed by atoms with Gasteiger partial charge in [0.05, 0.1) is 6.54 Å². The third-order valence-corrected chi connectivity index (χ3v) is 3.43. The largest absolute Gasteiger partial charge is 0.459 e. The quantitative estimate of drug-likeness (QED) is 0.840. The molecule has 1 unspecified atom stereocenters. The number of esters is 1. The van der Waals surface area contributed by atoms with E-state index in [1.807, 2.05) is 33.8 Å². The number of carbonyl (C=O) groups is 1. The van der Waals surface area contributed by atoms with Crippen LogP contribution in [0.15, 0.2) is 12.3 Å². The molecular formula is C14H23N3O2. The molecule has 0 saturated heterocycles. The molecule has 1 fully saturated rings. The number of ether oxygens (including phenoxy) is 1. The van der Waals surface area contributed by atoms with Gasteiger partial charge in [-0.2, -0.15) is 5.10 Å². The lowest BCUT2D eigenvalue weighted by molar-refractivity contribution is -0.163. The van der Waals surface area contributed by atoms with Gasteiger partial charge in [0.25, 0.3) is 0 Å². The Morgan fingerprint density at radius 1 is 1.53 bits per heavy atom. The summed E-state index contributed by atoms with van der Waals surface area (Å²) >= 11 is 0. The maximum Gasteiger partial charge on any atom is 0.328 e. The van der Waals surface area contributed by atoms with E-state index in [9.17, 15) is 4.79 Å². The first-order chi connectivity index (χ1) is 8.72. The number of hydrogen-bond acceptors (Lipinski definition) is 4. The van der Waals surface area contributed by atoms with Crippen LogP contribution < -0.4 is 5.73 Å². The number of aryl methyl sites for hydroxylation is 1. The number of rotatable bonds is 4. The topological polar surface area (TPSA) is 70.1 Å². The Kier molecular flexibility index (Phi) is 3.43. The number of nitrogens with zero attached hydrogens (tertiary/aromatic N) is 2. The summed E-state index contributed by atoms with van der Waals surface area (Å²) in [5, 5.41) is 4.22. The Bertz CT molecular complexity index is 471. The number of aromatic nitrogens is 2. The molecular weight excluding hydrogens is 242 g/mol. The minimum atomic E-state index is -0.968. The number of carbonyl (C=O) groups excluding carboxylic acids is 1. The summed E-state index contributed by atoms with van der Waals surface area (Å²) in [7, 11) is 0. The minimum absolute atomic E-state index is 0.200. The standard InChI is InChI=1S/C14H23N3O2/c1-10-7-8-16-17(10)9-14(15,11-5-6-11)12(18)19-13(2,3)4/h7-8,11H,5-6,9,15H2,1-4H3. The van der Waals surface area contributed by atoms with E-state index in [1.54, 1.807) is 10.9 Å². The Hall–Kier alpha value is -1.36. The molecule has 19 heavy (non-hydrogen) atoms. The van der Waals surface area contributed by atoms with Crippen LogP contribution in [-0.4, -0.2) is 26.9 Å². The Balaban J connectivity index is 2.18. The molecule has 106 valence electrons. The highest BCUT2D eigenvalue weighted by Gasteiger charge is 2.50. The highest BCUT2D eigenvalue weighted by atomic mass is 16.6. The van der Waals surface area contributed by atoms with E-state index in [2.05, 4.69) is 5.10 Å². The predicted molar refractivity (Wildman–Crippen MR) is 72.5 cm³/mol. The third-order valence-electron chi connectivity index (χ3n) is 3.43. The van der Waals surface area contributed by atoms with Crippen molar-refractivity contribution in [2.24, 2.45) is 11.7 Å². The molecule has 1 saturated carbocycles. The maximum atomic E-state index is 12.4. The molecule has 0 radical (unpaired) electrons. The van der Waals surface area contributed by atoms with Gasteiger partial charge in [-0.15, -0.1) is 0 Å². The van der Waals surface area contributed by atoms with Crippen molar-refractivity contribution in [2.45, 2.75) is 58.2 Å². The van der Waals surface area contributed by atoms with Crippen LogP contribution in [0.4, 0.5) is 0 Å². The molecule has 0 aliphatic heterocycles. The van der Waals surface area contributed by atoms with Gasteiger partial charge in [-0.3, -0.25) is 4.68 Å². The van der Waals surface area contributed by atoms with Crippen molar-refractivity contribution in [3.05, 3.63) is 18.0 Å². The zero-order valence-corrected chi connectivity index (χ0v) is 12.1. The summed E-state index contributed by atoms with van der Waals surface area (Å²) in [4.78, 5) is 12.4. The van der Waals surface area contributed by atoms with Gasteiger partial charge in [-0.1, -0.05) is 0 Å². The van der Waals surface area contributed by atoms with Gasteiger partial charge in [0.15, 0.2) is 0 Å². The zero-order valence-electron chi connectivity index (χ0n) is 12.1. The molecule has 1 aromatic heterocycles. The predicted octanol–water partition coefficient (Wildman–Crippen LogP) is 1.64. The molecule has 2 rings (SSSR count). The molecule has 1 heterocycles. The summed E-state index contributed by atoms with van der Waals surface area (Å²) in [5.41, 5.74) is 5.89. The molecule has 1 atom stereocenters. The second-order valence-electron chi connectivity index (χ2n) is 6.45. The monoisotopic (exact) mass is 265 g/mol. The van der Waals surface area contributed by atoms with Crippen LogP contribution in [-0.2, 0) is 16.1 Å². The van der Waals surface area contributed by atoms with Crippen molar-refractivity contribution in [1.82, 2.24) is 9.78 Å². The van der Waals surface area contributed by atoms with Crippen molar-refractivity contribution in [1.29, 1.82) is 0 Å². The smallest absolute Gasteiger partial charge is 0.328 e. The normalized spacial score (nSPS) is 19.0. The van der Waals surface area contributed by atoms with Gasteiger partial charge >= 0.3 is 5.97 Å². The van der Waals surface area contributed by atoms with Gasteiger partial charge in [-0.05, 0) is 52.5 Å². The molecule has 1 aromatic rings. The molecule has 0 aromatic carbocycles. The Morgan fingerprint density at radius 3 is 2.58 bits per heavy atom. The van der Waals surface area contributed by atoms with Gasteiger partial charge in [0.2, 0.25) is 0 Å². The Morgan fingerprint density at radius 2 is 2.16 bits per heavy atom. The van der Waals surface area contributed by atoms with E-state index in [-0.39, 0.29) is 11.9 Å². The summed E-state index contributed by atoms with van der Waals surface area (Å²) in [5.74, 6) is -0.122. The first-order valence-corrected chi connectivity index (χ1v) is 6.73. The van der Waals surface area contributed by atoms with Crippen LogP contribution in [0.2, 0.25) is 0 Å². The Labute approximate surface area is 114 Å². The molecule has 0 spiro atoms. The third kappa shape index (κ3) is 3.15. The zero-order chi connectivity index (χ0) is 14.3. The molecule has 1 aliphatic rings. The molecule has 0 bridgehead atoms. The first-order valence-electron chi connectivity index (χ1n) is 6.73. The van der Waals surface area contributed by atoms with Gasteiger partial charge in [0, 0.05) is 11.9 Å². The van der Waals surface area contributed by atoms with Crippen molar-refractivity contribution in [3.63, 3.8) is 0 Å². The average molecular weight is 265 g/mol. The van der Waals surface area contributed by atoms with Crippen LogP contribution in [0.1, 0.15) is 39.3 Å². The average Bonchev–Trinajstić information content (AvgIpc) is 3.03. The summed E-state index contributed by atoms with van der Waals surface area (Å²) in [6.45, 7) is 7.91. The minimum Gasteiger partial charge on any atom is -0.459 e. The van der Waals surface area contributed by atoms with Gasteiger partial charge in [0.1, 0.15) is 11.1 Å². The lowest BCUT2D eigenvalue weighted by Crippen LogP contribution is -2.56. The molecule has 2 N–H and O–H groups in total. The summed E-state index contributed by atoms with van der Waals surface area (Å²) in [6.07, 6.45) is 3.68. The van der Waals surface area contributed by atoms with Crippen molar-refractivity contribution < 1.29 is 9.53 Å². The number of hydrogen-bond donors (Lipinski definition) is 1. The molecule has 5 heteroatoms. The molecule has 5 nitrogen and oxygen atoms in total. The highest BCUT2D eigenvalue weighted by molar-refractivity contribution is 5.81. The van der Waals surface area contributed by atoms with E-state index < -0.39 is 11.1 Å². The molecule has 1 aliphatic carbocycles. The molecule has 0 amide bonds. The van der Waals surface area contributed by atoms with Crippen LogP contribution in [0, 0.1) is 12.8 Å². The highest BCUT2D eigenvalue weighted by Crippen LogP contribution is 2.40. The fraction of sp³-hybridized carbons (Fsp3) is 0.714. The van der Waals surface area contributed by atoms with E-state index in [4.69, 9.17) is 10.5 Å². The van der Waals surface area contributed by atoms with Crippen molar-refractivity contribution in [2.75, 3.05) is 0 Å². The van der Waals surface area contributed by atoms with E-state index in [0.717, 1.165) is 18.5 Å². The number of nitrogens with two attached hydrogens (primary N) is 1. The van der Waals surface area contributed by atoms with E-state index in [1.165, 1.54) is 0 Å². The first kappa shape index (κ1) is 14.1. The maximum absolute atomic E-state index is 12.4. The van der Waals surface area contributed by atoms with Crippen LogP contribution >= 0.6 is 0 Å². The summed E-state index contributed by atoms with van der Waals surface area (Å²) < 4.78 is 7.27. The lowest BCUT2D eigenvalue weighted by Gasteiger charge is -2.31. The van der Waals surface area contributed by atoms with Gasteiger partial charge < -0.3 is 10.5 Å². The van der Waals surface area contributed by atoms with E-state index >= 15 is 0 Å². The second kappa shape index (κ2) is 4.63. The van der Waals surface area contributed by atoms with Gasteiger partial charge in [-0.25, -0.2) is 4.79 Å². The van der Waals surface area contributed by atoms with E-state index in [0.29, 0.717) is 6.54 Å². The fourth-order valence-electron chi connectivity index (χ4n) is 2.14. The second-order valence-corrected chi connectivity index (χ2v) is 6.45. The van der Waals surface area contributed by atoms with Crippen LogP contribution in [0.25, 0.3) is 0 Å². The lowest BCUT2D eigenvalue weighted by atomic mass is 9.94.